The summed E-state index contributed by atoms with van der Waals surface area (Å²) in [6.45, 7) is 6.56. The number of aromatic amines is 2. The fourth-order valence-corrected chi connectivity index (χ4v) is 9.28. The van der Waals surface area contributed by atoms with E-state index in [9.17, 15) is 24.6 Å². The van der Waals surface area contributed by atoms with E-state index in [1.807, 2.05) is 48.7 Å². The number of methoxy groups -OCH3 is 1. The van der Waals surface area contributed by atoms with E-state index < -0.39 is 28.8 Å². The highest BCUT2D eigenvalue weighted by Crippen LogP contribution is 2.39. The molecule has 2 bridgehead atoms. The Morgan fingerprint density at radius 1 is 0.857 bits per heavy atom. The van der Waals surface area contributed by atoms with Gasteiger partial charge in [0.15, 0.2) is 9.54 Å². The molecule has 56 heavy (non-hydrogen) atoms. The van der Waals surface area contributed by atoms with Crippen LogP contribution in [-0.4, -0.2) is 49.0 Å². The van der Waals surface area contributed by atoms with Gasteiger partial charge in [-0.15, -0.1) is 0 Å². The second kappa shape index (κ2) is 14.7. The number of nitrogens with one attached hydrogen (secondary N) is 3. The van der Waals surface area contributed by atoms with E-state index in [2.05, 4.69) is 9.97 Å². The lowest BCUT2D eigenvalue weighted by Crippen LogP contribution is -3.13. The lowest BCUT2D eigenvalue weighted by atomic mass is 9.82. The summed E-state index contributed by atoms with van der Waals surface area (Å²) in [5.74, 6) is -1.54. The van der Waals surface area contributed by atoms with Gasteiger partial charge in [0.05, 0.1) is 37.4 Å². The van der Waals surface area contributed by atoms with E-state index in [-0.39, 0.29) is 32.1 Å². The van der Waals surface area contributed by atoms with Crippen molar-refractivity contribution in [2.45, 2.75) is 45.2 Å². The van der Waals surface area contributed by atoms with Gasteiger partial charge in [0.1, 0.15) is 12.3 Å². The van der Waals surface area contributed by atoms with Crippen LogP contribution in [-0.2, 0) is 13.1 Å². The van der Waals surface area contributed by atoms with Crippen molar-refractivity contribution in [1.29, 1.82) is 0 Å². The second-order valence-corrected chi connectivity index (χ2v) is 15.6. The SMILES string of the molecule is COc1ccc(C(c2c([O-])n(-c3cccc(C)c3)c(=S)[nH]c2=O)c2c(O)n(-c3cccc(C)c3)c(=S)[nH]c2=O)cc1C[NH+]1CC2CC(C1)c1cccc(=O)n1C2. The third kappa shape index (κ3) is 6.63. The molecule has 0 radical (unpaired) electrons. The molecule has 1 fully saturated rings. The van der Waals surface area contributed by atoms with E-state index >= 15 is 0 Å². The monoisotopic (exact) mass is 788 g/mol. The zero-order valence-electron chi connectivity index (χ0n) is 31.0. The predicted octanol–water partition coefficient (Wildman–Crippen LogP) is 4.05. The number of nitrogens with zero attached hydrogens (tertiary/aromatic N) is 3. The minimum atomic E-state index is -1.38. The molecule has 12 nitrogen and oxygen atoms in total. The van der Waals surface area contributed by atoms with Crippen molar-refractivity contribution in [3.05, 3.63) is 165 Å². The zero-order valence-corrected chi connectivity index (χ0v) is 32.6. The van der Waals surface area contributed by atoms with Crippen molar-refractivity contribution < 1.29 is 19.8 Å². The van der Waals surface area contributed by atoms with Gasteiger partial charge in [-0.1, -0.05) is 36.4 Å². The van der Waals surface area contributed by atoms with E-state index in [4.69, 9.17) is 29.2 Å². The molecule has 286 valence electrons. The minimum Gasteiger partial charge on any atom is -0.859 e. The van der Waals surface area contributed by atoms with Gasteiger partial charge in [0.2, 0.25) is 5.88 Å². The van der Waals surface area contributed by atoms with Crippen molar-refractivity contribution >= 4 is 24.4 Å². The van der Waals surface area contributed by atoms with Crippen molar-refractivity contribution in [1.82, 2.24) is 23.7 Å². The highest BCUT2D eigenvalue weighted by molar-refractivity contribution is 7.71. The molecule has 4 atom stereocenters. The zero-order chi connectivity index (χ0) is 39.4. The summed E-state index contributed by atoms with van der Waals surface area (Å²) in [4.78, 5) is 47.6. The minimum absolute atomic E-state index is 0.0209. The van der Waals surface area contributed by atoms with Crippen LogP contribution in [0.3, 0.4) is 0 Å². The Bertz CT molecular complexity index is 2710. The van der Waals surface area contributed by atoms with Gasteiger partial charge in [-0.2, -0.15) is 0 Å². The first-order chi connectivity index (χ1) is 26.9. The number of ether oxygens (including phenoxy) is 1. The van der Waals surface area contributed by atoms with Gasteiger partial charge in [-0.05, 0) is 110 Å². The maximum absolute atomic E-state index is 14.8. The first-order valence-electron chi connectivity index (χ1n) is 18.4. The fourth-order valence-electron chi connectivity index (χ4n) is 8.72. The Kier molecular flexibility index (Phi) is 9.73. The summed E-state index contributed by atoms with van der Waals surface area (Å²) in [7, 11) is 1.58. The van der Waals surface area contributed by atoms with Crippen molar-refractivity contribution in [3.63, 3.8) is 0 Å². The number of aryl methyl sites for hydroxylation is 2. The molecule has 0 saturated carbocycles. The number of piperidine rings is 1. The molecule has 1 saturated heterocycles. The van der Waals surface area contributed by atoms with Gasteiger partial charge >= 0.3 is 0 Å². The summed E-state index contributed by atoms with van der Waals surface area (Å²) >= 11 is 11.1. The number of benzene rings is 3. The Morgan fingerprint density at radius 2 is 1.50 bits per heavy atom. The van der Waals surface area contributed by atoms with E-state index in [1.54, 1.807) is 61.7 Å². The largest absolute Gasteiger partial charge is 0.859 e. The number of aromatic hydroxyl groups is 1. The number of pyridine rings is 1. The lowest BCUT2D eigenvalue weighted by molar-refractivity contribution is -0.924. The normalized spacial score (nSPS) is 17.9. The maximum Gasteiger partial charge on any atom is 0.259 e. The number of hydrogen-bond acceptors (Lipinski definition) is 8. The molecule has 4 N–H and O–H groups in total. The Balaban J connectivity index is 1.32. The molecule has 0 spiro atoms. The third-order valence-electron chi connectivity index (χ3n) is 11.1. The molecule has 4 unspecified atom stereocenters. The molecule has 2 aliphatic heterocycles. The molecular formula is C42H40N6O6S2. The highest BCUT2D eigenvalue weighted by Gasteiger charge is 2.38. The van der Waals surface area contributed by atoms with E-state index in [1.165, 1.54) is 14.0 Å². The standard InChI is InChI=1S/C42H40N6O6S2/c1-23-7-4-9-29(15-23)47-39(52)35(37(50)43-41(47)55)34(36-38(51)44-42(56)48(40(36)53)30-10-5-8-24(2)16-30)26-13-14-32(54-3)28(18-26)22-45-19-25-17-27(21-45)31-11-6-12-33(49)46(31)20-25/h4-16,18,25,27,34,52-53H,17,19-22H2,1-3H3,(H,43,50,55)(H,44,51,56). The maximum atomic E-state index is 14.8. The average Bonchev–Trinajstić information content (AvgIpc) is 3.14. The summed E-state index contributed by atoms with van der Waals surface area (Å²) in [6.07, 6.45) is 1.00. The first-order valence-corrected chi connectivity index (χ1v) is 19.2. The van der Waals surface area contributed by atoms with Crippen LogP contribution in [0.1, 0.15) is 57.3 Å². The average molecular weight is 789 g/mol. The summed E-state index contributed by atoms with van der Waals surface area (Å²) in [5, 5.41) is 26.9. The van der Waals surface area contributed by atoms with E-state index in [0.29, 0.717) is 41.7 Å². The molecule has 5 heterocycles. The number of hydrogen-bond donors (Lipinski definition) is 4. The van der Waals surface area contributed by atoms with Crippen LogP contribution >= 0.6 is 24.4 Å². The predicted molar refractivity (Wildman–Crippen MR) is 215 cm³/mol. The highest BCUT2D eigenvalue weighted by atomic mass is 32.1. The Hall–Kier alpha value is -5.83. The number of quaternary nitrogens is 1. The van der Waals surface area contributed by atoms with Gasteiger partial charge in [-0.25, -0.2) is 0 Å². The smallest absolute Gasteiger partial charge is 0.259 e. The molecule has 14 heteroatoms. The van der Waals surface area contributed by atoms with Crippen LogP contribution < -0.4 is 31.4 Å². The third-order valence-corrected chi connectivity index (χ3v) is 11.6. The molecule has 0 amide bonds. The van der Waals surface area contributed by atoms with Gasteiger partial charge in [0, 0.05) is 47.0 Å². The van der Waals surface area contributed by atoms with Crippen LogP contribution in [0.5, 0.6) is 17.5 Å². The number of H-pyrrole nitrogens is 2. The number of rotatable bonds is 8. The molecule has 2 aliphatic rings. The summed E-state index contributed by atoms with van der Waals surface area (Å²) in [5.41, 5.74) is 2.80. The molecule has 3 aromatic heterocycles. The van der Waals surface area contributed by atoms with Crippen LogP contribution in [0.15, 0.2) is 99.3 Å². The van der Waals surface area contributed by atoms with Gasteiger partial charge in [0.25, 0.3) is 16.7 Å². The van der Waals surface area contributed by atoms with Crippen molar-refractivity contribution in [2.75, 3.05) is 20.2 Å². The molecule has 8 rings (SSSR count). The Morgan fingerprint density at radius 3 is 2.18 bits per heavy atom. The number of fused-ring (bicyclic) bond motifs is 4. The quantitative estimate of drug-likeness (QED) is 0.169. The summed E-state index contributed by atoms with van der Waals surface area (Å²) < 4.78 is 10.1. The fraction of sp³-hybridized carbons (Fsp3) is 0.262. The first kappa shape index (κ1) is 37.1. The van der Waals surface area contributed by atoms with E-state index in [0.717, 1.165) is 41.9 Å². The lowest BCUT2D eigenvalue weighted by Gasteiger charge is -2.40. The number of aromatic nitrogens is 5. The van der Waals surface area contributed by atoms with Gasteiger partial charge in [-0.3, -0.25) is 28.9 Å². The van der Waals surface area contributed by atoms with Crippen molar-refractivity contribution in [3.8, 4) is 28.9 Å². The van der Waals surface area contributed by atoms with Gasteiger partial charge < -0.3 is 29.0 Å². The van der Waals surface area contributed by atoms with Crippen LogP contribution in [0.25, 0.3) is 11.4 Å². The topological polar surface area (TPSA) is 155 Å². The van der Waals surface area contributed by atoms with Crippen LogP contribution in [0.4, 0.5) is 0 Å². The Labute approximate surface area is 331 Å². The van der Waals surface area contributed by atoms with Crippen LogP contribution in [0, 0.1) is 29.3 Å². The van der Waals surface area contributed by atoms with Crippen LogP contribution in [0.2, 0.25) is 0 Å². The summed E-state index contributed by atoms with van der Waals surface area (Å²) in [6, 6.07) is 25.1. The molecule has 6 aromatic rings. The van der Waals surface area contributed by atoms with Crippen molar-refractivity contribution in [2.24, 2.45) is 5.92 Å². The number of likely N-dealkylation sites (tertiary alicyclic amines) is 1. The second-order valence-electron chi connectivity index (χ2n) is 14.9. The molecular weight excluding hydrogens is 749 g/mol. The molecule has 0 aliphatic carbocycles. The molecule has 3 aromatic carbocycles.